The van der Waals surface area contributed by atoms with Crippen LogP contribution in [0.2, 0.25) is 0 Å². The number of methoxy groups -OCH3 is 1. The maximum atomic E-state index is 5.20. The normalized spacial score (nSPS) is 19.9. The van der Waals surface area contributed by atoms with Gasteiger partial charge in [-0.1, -0.05) is 0 Å². The molecule has 76 valence electrons. The third-order valence-electron chi connectivity index (χ3n) is 2.57. The molecule has 0 aromatic heterocycles. The quantitative estimate of drug-likeness (QED) is 0.736. The van der Waals surface area contributed by atoms with Crippen LogP contribution in [0.3, 0.4) is 0 Å². The van der Waals surface area contributed by atoms with E-state index in [1.54, 1.807) is 7.11 Å². The van der Waals surface area contributed by atoms with Gasteiger partial charge in [-0.2, -0.15) is 0 Å². The minimum Gasteiger partial charge on any atom is -0.497 e. The summed E-state index contributed by atoms with van der Waals surface area (Å²) in [5.74, 6) is 0.909. The fourth-order valence-electron chi connectivity index (χ4n) is 1.90. The number of ether oxygens (including phenoxy) is 1. The van der Waals surface area contributed by atoms with E-state index in [-0.39, 0.29) is 0 Å². The van der Waals surface area contributed by atoms with E-state index in [2.05, 4.69) is 36.3 Å². The second-order valence-electron chi connectivity index (χ2n) is 3.81. The van der Waals surface area contributed by atoms with Crippen LogP contribution in [0, 0.1) is 0 Å². The summed E-state index contributed by atoms with van der Waals surface area (Å²) in [5, 5.41) is 3.44. The summed E-state index contributed by atoms with van der Waals surface area (Å²) in [6.07, 6.45) is 0. The number of hydrogen-bond acceptors (Lipinski definition) is 3. The number of likely N-dealkylation sites (N-methyl/N-ethyl adjacent to an activating group) is 1. The lowest BCUT2D eigenvalue weighted by Gasteiger charge is -2.33. The number of fused-ring (bicyclic) bond motifs is 1. The molecule has 0 saturated carbocycles. The summed E-state index contributed by atoms with van der Waals surface area (Å²) in [6, 6.07) is 6.62. The Hall–Kier alpha value is -1.38. The molecule has 0 aliphatic carbocycles. The summed E-state index contributed by atoms with van der Waals surface area (Å²) in [4.78, 5) is 2.25. The second-order valence-corrected chi connectivity index (χ2v) is 3.81. The number of nitrogens with one attached hydrogen (secondary N) is 1. The highest BCUT2D eigenvalue weighted by Gasteiger charge is 2.18. The largest absolute Gasteiger partial charge is 0.497 e. The smallest absolute Gasteiger partial charge is 0.121 e. The second kappa shape index (κ2) is 3.40. The van der Waals surface area contributed by atoms with E-state index in [1.165, 1.54) is 11.4 Å². The van der Waals surface area contributed by atoms with Gasteiger partial charge >= 0.3 is 0 Å². The first-order chi connectivity index (χ1) is 6.70. The van der Waals surface area contributed by atoms with Gasteiger partial charge < -0.3 is 15.0 Å². The molecule has 1 atom stereocenters. The molecule has 1 unspecified atom stereocenters. The van der Waals surface area contributed by atoms with Gasteiger partial charge in [-0.3, -0.25) is 0 Å². The maximum absolute atomic E-state index is 5.20. The zero-order chi connectivity index (χ0) is 10.1. The van der Waals surface area contributed by atoms with E-state index in [1.807, 2.05) is 6.07 Å². The molecule has 14 heavy (non-hydrogen) atoms. The standard InChI is InChI=1S/C11H16N2O/c1-8-7-13(2)11-6-9(14-3)4-5-10(11)12-8/h4-6,8,12H,7H2,1-3H3. The Balaban J connectivity index is 2.39. The third-order valence-corrected chi connectivity index (χ3v) is 2.57. The van der Waals surface area contributed by atoms with Gasteiger partial charge in [0, 0.05) is 25.7 Å². The first-order valence-electron chi connectivity index (χ1n) is 4.86. The van der Waals surface area contributed by atoms with Gasteiger partial charge in [-0.15, -0.1) is 0 Å². The van der Waals surface area contributed by atoms with E-state index in [9.17, 15) is 0 Å². The van der Waals surface area contributed by atoms with E-state index in [0.717, 1.165) is 12.3 Å². The summed E-state index contributed by atoms with van der Waals surface area (Å²) < 4.78 is 5.20. The number of benzene rings is 1. The van der Waals surface area contributed by atoms with E-state index < -0.39 is 0 Å². The molecule has 0 amide bonds. The Morgan fingerprint density at radius 2 is 2.29 bits per heavy atom. The SMILES string of the molecule is COc1ccc2c(c1)N(C)CC(C)N2. The fourth-order valence-corrected chi connectivity index (χ4v) is 1.90. The van der Waals surface area contributed by atoms with Crippen molar-refractivity contribution in [2.45, 2.75) is 13.0 Å². The number of anilines is 2. The molecular formula is C11H16N2O. The molecule has 0 bridgehead atoms. The molecule has 3 heteroatoms. The lowest BCUT2D eigenvalue weighted by atomic mass is 10.1. The van der Waals surface area contributed by atoms with Crippen molar-refractivity contribution in [1.29, 1.82) is 0 Å². The highest BCUT2D eigenvalue weighted by molar-refractivity contribution is 5.74. The van der Waals surface area contributed by atoms with Crippen LogP contribution in [0.5, 0.6) is 5.75 Å². The van der Waals surface area contributed by atoms with Crippen LogP contribution < -0.4 is 15.0 Å². The molecule has 3 nitrogen and oxygen atoms in total. The molecule has 0 fully saturated rings. The van der Waals surface area contributed by atoms with Gasteiger partial charge in [-0.05, 0) is 19.1 Å². The highest BCUT2D eigenvalue weighted by Crippen LogP contribution is 2.32. The Morgan fingerprint density at radius 1 is 1.50 bits per heavy atom. The van der Waals surface area contributed by atoms with Crippen LogP contribution in [0.4, 0.5) is 11.4 Å². The average Bonchev–Trinajstić information content (AvgIpc) is 2.17. The lowest BCUT2D eigenvalue weighted by molar-refractivity contribution is 0.414. The highest BCUT2D eigenvalue weighted by atomic mass is 16.5. The Labute approximate surface area is 84.7 Å². The van der Waals surface area contributed by atoms with Crippen molar-refractivity contribution in [1.82, 2.24) is 0 Å². The maximum Gasteiger partial charge on any atom is 0.121 e. The minimum absolute atomic E-state index is 0.501. The molecule has 0 spiro atoms. The van der Waals surface area contributed by atoms with Crippen molar-refractivity contribution in [3.63, 3.8) is 0 Å². The van der Waals surface area contributed by atoms with E-state index in [4.69, 9.17) is 4.74 Å². The lowest BCUT2D eigenvalue weighted by Crippen LogP contribution is -2.37. The zero-order valence-corrected chi connectivity index (χ0v) is 8.87. The van der Waals surface area contributed by atoms with Crippen LogP contribution in [0.1, 0.15) is 6.92 Å². The van der Waals surface area contributed by atoms with Gasteiger partial charge in [0.25, 0.3) is 0 Å². The molecule has 0 saturated heterocycles. The monoisotopic (exact) mass is 192 g/mol. The van der Waals surface area contributed by atoms with Crippen molar-refractivity contribution >= 4 is 11.4 Å². The van der Waals surface area contributed by atoms with Gasteiger partial charge in [0.2, 0.25) is 0 Å². The molecule has 2 rings (SSSR count). The van der Waals surface area contributed by atoms with Crippen molar-refractivity contribution in [3.8, 4) is 5.75 Å². The fraction of sp³-hybridized carbons (Fsp3) is 0.455. The molecule has 1 aliphatic rings. The molecule has 1 heterocycles. The van der Waals surface area contributed by atoms with Gasteiger partial charge in [0.1, 0.15) is 5.75 Å². The Bertz CT molecular complexity index is 338. The molecule has 1 N–H and O–H groups in total. The Kier molecular flexibility index (Phi) is 2.23. The van der Waals surface area contributed by atoms with Crippen molar-refractivity contribution in [3.05, 3.63) is 18.2 Å². The zero-order valence-electron chi connectivity index (χ0n) is 8.87. The topological polar surface area (TPSA) is 24.5 Å². The minimum atomic E-state index is 0.501. The van der Waals surface area contributed by atoms with Crippen LogP contribution >= 0.6 is 0 Å². The van der Waals surface area contributed by atoms with Gasteiger partial charge in [-0.25, -0.2) is 0 Å². The van der Waals surface area contributed by atoms with Crippen LogP contribution in [0.25, 0.3) is 0 Å². The van der Waals surface area contributed by atoms with Crippen molar-refractivity contribution in [2.24, 2.45) is 0 Å². The van der Waals surface area contributed by atoms with Crippen molar-refractivity contribution in [2.75, 3.05) is 30.9 Å². The van der Waals surface area contributed by atoms with E-state index in [0.29, 0.717) is 6.04 Å². The third kappa shape index (κ3) is 1.50. The first kappa shape index (κ1) is 9.19. The number of hydrogen-bond donors (Lipinski definition) is 1. The summed E-state index contributed by atoms with van der Waals surface area (Å²) in [7, 11) is 3.80. The number of nitrogens with zero attached hydrogens (tertiary/aromatic N) is 1. The van der Waals surface area contributed by atoms with Crippen LogP contribution in [0.15, 0.2) is 18.2 Å². The van der Waals surface area contributed by atoms with Crippen LogP contribution in [-0.2, 0) is 0 Å². The molecular weight excluding hydrogens is 176 g/mol. The molecule has 1 aromatic carbocycles. The average molecular weight is 192 g/mol. The predicted molar refractivity (Wildman–Crippen MR) is 59.3 cm³/mol. The number of rotatable bonds is 1. The Morgan fingerprint density at radius 3 is 3.00 bits per heavy atom. The van der Waals surface area contributed by atoms with Gasteiger partial charge in [0.15, 0.2) is 0 Å². The summed E-state index contributed by atoms with van der Waals surface area (Å²) in [5.41, 5.74) is 2.40. The summed E-state index contributed by atoms with van der Waals surface area (Å²) in [6.45, 7) is 3.21. The first-order valence-corrected chi connectivity index (χ1v) is 4.86. The van der Waals surface area contributed by atoms with E-state index >= 15 is 0 Å². The van der Waals surface area contributed by atoms with Crippen molar-refractivity contribution < 1.29 is 4.74 Å². The van der Waals surface area contributed by atoms with Crippen LogP contribution in [-0.4, -0.2) is 26.7 Å². The molecule has 1 aromatic rings. The van der Waals surface area contributed by atoms with Gasteiger partial charge in [0.05, 0.1) is 18.5 Å². The molecule has 0 radical (unpaired) electrons. The molecule has 1 aliphatic heterocycles. The predicted octanol–water partition coefficient (Wildman–Crippen LogP) is 1.95. The summed E-state index contributed by atoms with van der Waals surface area (Å²) >= 11 is 0.